The van der Waals surface area contributed by atoms with Crippen LogP contribution in [0.5, 0.6) is 0 Å². The molecule has 90 valence electrons. The Morgan fingerprint density at radius 3 is 2.82 bits per heavy atom. The molecule has 0 atom stereocenters. The van der Waals surface area contributed by atoms with Gasteiger partial charge in [-0.1, -0.05) is 0 Å². The smallest absolute Gasteiger partial charge is 0.287 e. The van der Waals surface area contributed by atoms with Crippen LogP contribution in [0, 0.1) is 6.92 Å². The van der Waals surface area contributed by atoms with Crippen molar-refractivity contribution in [3.05, 3.63) is 45.5 Å². The zero-order valence-corrected chi connectivity index (χ0v) is 10.3. The van der Waals surface area contributed by atoms with Gasteiger partial charge in [-0.3, -0.25) is 4.79 Å². The topological polar surface area (TPSA) is 68.3 Å². The van der Waals surface area contributed by atoms with Crippen LogP contribution in [0.2, 0.25) is 0 Å². The van der Waals surface area contributed by atoms with E-state index in [2.05, 4.69) is 5.32 Å². The molecule has 3 N–H and O–H groups in total. The van der Waals surface area contributed by atoms with Gasteiger partial charge < -0.3 is 15.5 Å². The maximum absolute atomic E-state index is 11.7. The molecule has 0 saturated carbocycles. The van der Waals surface area contributed by atoms with Gasteiger partial charge in [0.15, 0.2) is 5.76 Å². The maximum Gasteiger partial charge on any atom is 0.287 e. The first kappa shape index (κ1) is 11.9. The van der Waals surface area contributed by atoms with Crippen molar-refractivity contribution >= 4 is 17.2 Å². The van der Waals surface area contributed by atoms with E-state index in [0.29, 0.717) is 24.6 Å². The molecule has 0 aliphatic carbocycles. The van der Waals surface area contributed by atoms with Crippen molar-refractivity contribution in [1.29, 1.82) is 0 Å². The SMILES string of the molecule is Cc1ccc(CNC(=O)c2ccc(CN)o2)s1. The summed E-state index contributed by atoms with van der Waals surface area (Å²) in [6.45, 7) is 2.86. The van der Waals surface area contributed by atoms with Gasteiger partial charge in [-0.05, 0) is 31.2 Å². The molecule has 0 saturated heterocycles. The fraction of sp³-hybridized carbons (Fsp3) is 0.250. The van der Waals surface area contributed by atoms with E-state index in [0.717, 1.165) is 4.88 Å². The number of carbonyl (C=O) groups is 1. The molecule has 2 heterocycles. The molecule has 0 unspecified atom stereocenters. The van der Waals surface area contributed by atoms with Crippen molar-refractivity contribution in [3.8, 4) is 0 Å². The number of carbonyl (C=O) groups excluding carboxylic acids is 1. The van der Waals surface area contributed by atoms with Crippen LogP contribution in [-0.4, -0.2) is 5.91 Å². The lowest BCUT2D eigenvalue weighted by atomic mass is 10.4. The fourth-order valence-corrected chi connectivity index (χ4v) is 2.27. The monoisotopic (exact) mass is 250 g/mol. The number of hydrogen-bond acceptors (Lipinski definition) is 4. The Labute approximate surface area is 103 Å². The highest BCUT2D eigenvalue weighted by Gasteiger charge is 2.10. The zero-order valence-electron chi connectivity index (χ0n) is 9.53. The highest BCUT2D eigenvalue weighted by atomic mass is 32.1. The van der Waals surface area contributed by atoms with Crippen LogP contribution in [0.3, 0.4) is 0 Å². The molecule has 2 aromatic rings. The minimum absolute atomic E-state index is 0.212. The zero-order chi connectivity index (χ0) is 12.3. The third-order valence-electron chi connectivity index (χ3n) is 2.31. The molecule has 0 spiro atoms. The van der Waals surface area contributed by atoms with Crippen molar-refractivity contribution in [3.63, 3.8) is 0 Å². The second-order valence-electron chi connectivity index (χ2n) is 3.67. The molecule has 17 heavy (non-hydrogen) atoms. The summed E-state index contributed by atoms with van der Waals surface area (Å²) in [6, 6.07) is 7.39. The van der Waals surface area contributed by atoms with Gasteiger partial charge in [0.25, 0.3) is 5.91 Å². The van der Waals surface area contributed by atoms with Crippen LogP contribution in [0.25, 0.3) is 0 Å². The summed E-state index contributed by atoms with van der Waals surface area (Å²) in [5, 5.41) is 2.80. The Kier molecular flexibility index (Phi) is 3.61. The molecule has 0 aromatic carbocycles. The van der Waals surface area contributed by atoms with Gasteiger partial charge in [0.1, 0.15) is 5.76 Å². The Bertz CT molecular complexity index is 516. The molecule has 0 fully saturated rings. The van der Waals surface area contributed by atoms with Gasteiger partial charge in [0.05, 0.1) is 13.1 Å². The molecular formula is C12H14N2O2S. The minimum atomic E-state index is -0.212. The Morgan fingerprint density at radius 1 is 1.41 bits per heavy atom. The predicted octanol–water partition coefficient (Wildman–Crippen LogP) is 2.04. The van der Waals surface area contributed by atoms with E-state index in [1.807, 2.05) is 19.1 Å². The van der Waals surface area contributed by atoms with Crippen LogP contribution < -0.4 is 11.1 Å². The lowest BCUT2D eigenvalue weighted by Crippen LogP contribution is -2.21. The summed E-state index contributed by atoms with van der Waals surface area (Å²) in [5.41, 5.74) is 5.41. The summed E-state index contributed by atoms with van der Waals surface area (Å²) in [5.74, 6) is 0.705. The molecule has 0 aliphatic heterocycles. The van der Waals surface area contributed by atoms with E-state index >= 15 is 0 Å². The van der Waals surface area contributed by atoms with Crippen molar-refractivity contribution in [2.45, 2.75) is 20.0 Å². The van der Waals surface area contributed by atoms with Gasteiger partial charge in [0.2, 0.25) is 0 Å². The summed E-state index contributed by atoms with van der Waals surface area (Å²) >= 11 is 1.67. The molecule has 5 heteroatoms. The molecule has 0 aliphatic rings. The van der Waals surface area contributed by atoms with E-state index in [4.69, 9.17) is 10.2 Å². The molecule has 2 rings (SSSR count). The highest BCUT2D eigenvalue weighted by Crippen LogP contribution is 2.15. The first-order valence-electron chi connectivity index (χ1n) is 5.31. The first-order chi connectivity index (χ1) is 8.19. The van der Waals surface area contributed by atoms with Crippen LogP contribution in [0.15, 0.2) is 28.7 Å². The third kappa shape index (κ3) is 2.95. The molecule has 0 bridgehead atoms. The second-order valence-corrected chi connectivity index (χ2v) is 5.04. The van der Waals surface area contributed by atoms with Crippen LogP contribution in [-0.2, 0) is 13.1 Å². The van der Waals surface area contributed by atoms with Crippen LogP contribution in [0.4, 0.5) is 0 Å². The van der Waals surface area contributed by atoms with E-state index in [1.165, 1.54) is 4.88 Å². The number of amides is 1. The summed E-state index contributed by atoms with van der Waals surface area (Å²) in [4.78, 5) is 14.1. The van der Waals surface area contributed by atoms with E-state index in [1.54, 1.807) is 23.5 Å². The standard InChI is InChI=1S/C12H14N2O2S/c1-8-2-4-10(17-8)7-14-12(15)11-5-3-9(6-13)16-11/h2-5H,6-7,13H2,1H3,(H,14,15). The predicted molar refractivity (Wildman–Crippen MR) is 66.8 cm³/mol. The number of hydrogen-bond donors (Lipinski definition) is 2. The fourth-order valence-electron chi connectivity index (χ4n) is 1.44. The third-order valence-corrected chi connectivity index (χ3v) is 3.31. The average molecular weight is 250 g/mol. The number of thiophene rings is 1. The number of rotatable bonds is 4. The van der Waals surface area contributed by atoms with Crippen molar-refractivity contribution < 1.29 is 9.21 Å². The van der Waals surface area contributed by atoms with Crippen molar-refractivity contribution in [1.82, 2.24) is 5.32 Å². The van der Waals surface area contributed by atoms with Gasteiger partial charge in [0, 0.05) is 9.75 Å². The largest absolute Gasteiger partial charge is 0.455 e. The van der Waals surface area contributed by atoms with E-state index in [9.17, 15) is 4.79 Å². The molecule has 4 nitrogen and oxygen atoms in total. The summed E-state index contributed by atoms with van der Waals surface area (Å²) in [6.07, 6.45) is 0. The van der Waals surface area contributed by atoms with E-state index in [-0.39, 0.29) is 5.91 Å². The second kappa shape index (κ2) is 5.16. The van der Waals surface area contributed by atoms with Crippen molar-refractivity contribution in [2.75, 3.05) is 0 Å². The first-order valence-corrected chi connectivity index (χ1v) is 6.13. The normalized spacial score (nSPS) is 10.5. The van der Waals surface area contributed by atoms with Crippen LogP contribution in [0.1, 0.15) is 26.1 Å². The van der Waals surface area contributed by atoms with Gasteiger partial charge in [-0.15, -0.1) is 11.3 Å². The Morgan fingerprint density at radius 2 is 2.24 bits per heavy atom. The molecule has 0 radical (unpaired) electrons. The lowest BCUT2D eigenvalue weighted by molar-refractivity contribution is 0.0922. The number of nitrogens with two attached hydrogens (primary N) is 1. The Hall–Kier alpha value is -1.59. The number of nitrogens with one attached hydrogen (secondary N) is 1. The van der Waals surface area contributed by atoms with Gasteiger partial charge in [-0.25, -0.2) is 0 Å². The lowest BCUT2D eigenvalue weighted by Gasteiger charge is -2.00. The molecule has 2 aromatic heterocycles. The Balaban J connectivity index is 1.93. The minimum Gasteiger partial charge on any atom is -0.455 e. The van der Waals surface area contributed by atoms with Gasteiger partial charge >= 0.3 is 0 Å². The van der Waals surface area contributed by atoms with Crippen LogP contribution >= 0.6 is 11.3 Å². The molecular weight excluding hydrogens is 236 g/mol. The quantitative estimate of drug-likeness (QED) is 0.872. The van der Waals surface area contributed by atoms with Crippen molar-refractivity contribution in [2.24, 2.45) is 5.73 Å². The number of aryl methyl sites for hydroxylation is 1. The molecule has 1 amide bonds. The summed E-state index contributed by atoms with van der Waals surface area (Å²) in [7, 11) is 0. The van der Waals surface area contributed by atoms with Gasteiger partial charge in [-0.2, -0.15) is 0 Å². The summed E-state index contributed by atoms with van der Waals surface area (Å²) < 4.78 is 5.25. The maximum atomic E-state index is 11.7. The average Bonchev–Trinajstić information content (AvgIpc) is 2.94. The highest BCUT2D eigenvalue weighted by molar-refractivity contribution is 7.11. The number of furan rings is 1. The van der Waals surface area contributed by atoms with E-state index < -0.39 is 0 Å².